The van der Waals surface area contributed by atoms with Crippen molar-refractivity contribution in [1.82, 2.24) is 15.3 Å². The third kappa shape index (κ3) is 3.94. The highest BCUT2D eigenvalue weighted by Gasteiger charge is 2.20. The number of hydrogen-bond donors (Lipinski definition) is 2. The molecule has 0 fully saturated rings. The average molecular weight is 452 g/mol. The van der Waals surface area contributed by atoms with Gasteiger partial charge in [-0.25, -0.2) is 4.98 Å². The van der Waals surface area contributed by atoms with Crippen LogP contribution >= 0.6 is 0 Å². The van der Waals surface area contributed by atoms with Gasteiger partial charge in [-0.15, -0.1) is 0 Å². The molecule has 6 heteroatoms. The second-order valence-corrected chi connectivity index (χ2v) is 7.98. The fourth-order valence-electron chi connectivity index (χ4n) is 4.29. The van der Waals surface area contributed by atoms with E-state index < -0.39 is 0 Å². The average Bonchev–Trinajstić information content (AvgIpc) is 3.27. The lowest BCUT2D eigenvalue weighted by atomic mass is 10.0. The van der Waals surface area contributed by atoms with Gasteiger partial charge in [0.1, 0.15) is 5.69 Å². The van der Waals surface area contributed by atoms with Gasteiger partial charge >= 0.3 is 0 Å². The molecule has 0 saturated heterocycles. The highest BCUT2D eigenvalue weighted by atomic mass is 16.5. The Labute approximate surface area is 197 Å². The van der Waals surface area contributed by atoms with Crippen molar-refractivity contribution in [3.05, 3.63) is 90.1 Å². The number of amides is 1. The third-order valence-electron chi connectivity index (χ3n) is 5.93. The highest BCUT2D eigenvalue weighted by molar-refractivity contribution is 6.13. The standard InChI is InChI=1S/C28H25N3O3/c1-33-24-14-8-12-20(27(24)34-2)25-26-21(19-11-6-7-13-22(19)30-26)17-23(31-25)28(32)29-16-15-18-9-4-3-5-10-18/h3-14,17,30H,15-16H2,1-2H3,(H,29,32). The Morgan fingerprint density at radius 2 is 1.71 bits per heavy atom. The number of carbonyl (C=O) groups excluding carboxylic acids is 1. The molecule has 34 heavy (non-hydrogen) atoms. The van der Waals surface area contributed by atoms with Crippen molar-refractivity contribution in [1.29, 1.82) is 0 Å². The summed E-state index contributed by atoms with van der Waals surface area (Å²) in [6.07, 6.45) is 0.748. The van der Waals surface area contributed by atoms with E-state index in [1.54, 1.807) is 14.2 Å². The Kier molecular flexibility index (Phi) is 5.87. The van der Waals surface area contributed by atoms with Crippen LogP contribution in [-0.2, 0) is 6.42 Å². The van der Waals surface area contributed by atoms with Crippen LogP contribution in [0.1, 0.15) is 16.1 Å². The molecule has 0 bridgehead atoms. The molecular formula is C28H25N3O3. The first kappa shape index (κ1) is 21.5. The van der Waals surface area contributed by atoms with Crippen molar-refractivity contribution < 1.29 is 14.3 Å². The van der Waals surface area contributed by atoms with Crippen LogP contribution in [0.25, 0.3) is 33.1 Å². The van der Waals surface area contributed by atoms with Gasteiger partial charge in [0, 0.05) is 28.4 Å². The second kappa shape index (κ2) is 9.27. The van der Waals surface area contributed by atoms with E-state index in [-0.39, 0.29) is 5.91 Å². The maximum atomic E-state index is 13.2. The largest absolute Gasteiger partial charge is 0.493 e. The molecular weight excluding hydrogens is 426 g/mol. The number of aromatic amines is 1. The lowest BCUT2D eigenvalue weighted by Crippen LogP contribution is -2.26. The van der Waals surface area contributed by atoms with Crippen LogP contribution in [0.5, 0.6) is 11.5 Å². The Hall–Kier alpha value is -4.32. The molecule has 1 amide bonds. The number of methoxy groups -OCH3 is 2. The van der Waals surface area contributed by atoms with E-state index in [2.05, 4.69) is 22.4 Å². The van der Waals surface area contributed by atoms with Crippen molar-refractivity contribution in [2.75, 3.05) is 20.8 Å². The van der Waals surface area contributed by atoms with Gasteiger partial charge < -0.3 is 19.8 Å². The quantitative estimate of drug-likeness (QED) is 0.349. The predicted octanol–water partition coefficient (Wildman–Crippen LogP) is 5.37. The molecule has 0 unspecified atom stereocenters. The number of rotatable bonds is 7. The summed E-state index contributed by atoms with van der Waals surface area (Å²) >= 11 is 0. The number of aromatic nitrogens is 2. The van der Waals surface area contributed by atoms with Crippen molar-refractivity contribution >= 4 is 27.7 Å². The van der Waals surface area contributed by atoms with Gasteiger partial charge in [-0.3, -0.25) is 4.79 Å². The molecule has 170 valence electrons. The summed E-state index contributed by atoms with van der Waals surface area (Å²) in [5.74, 6) is 0.953. The lowest BCUT2D eigenvalue weighted by molar-refractivity contribution is 0.0949. The first-order valence-corrected chi connectivity index (χ1v) is 11.1. The fraction of sp³-hybridized carbons (Fsp3) is 0.143. The number of fused-ring (bicyclic) bond motifs is 3. The van der Waals surface area contributed by atoms with Crippen LogP contribution in [0.3, 0.4) is 0 Å². The summed E-state index contributed by atoms with van der Waals surface area (Å²) in [5.41, 5.74) is 4.72. The van der Waals surface area contributed by atoms with Crippen molar-refractivity contribution in [3.8, 4) is 22.8 Å². The maximum absolute atomic E-state index is 13.2. The van der Waals surface area contributed by atoms with E-state index in [1.165, 1.54) is 5.56 Å². The Morgan fingerprint density at radius 3 is 2.50 bits per heavy atom. The van der Waals surface area contributed by atoms with Crippen LogP contribution in [0.2, 0.25) is 0 Å². The molecule has 0 atom stereocenters. The highest BCUT2D eigenvalue weighted by Crippen LogP contribution is 2.41. The number of para-hydroxylation sites is 2. The van der Waals surface area contributed by atoms with Crippen LogP contribution in [-0.4, -0.2) is 36.6 Å². The number of benzene rings is 3. The summed E-state index contributed by atoms with van der Waals surface area (Å²) in [5, 5.41) is 4.97. The molecule has 3 aromatic carbocycles. The Morgan fingerprint density at radius 1 is 0.912 bits per heavy atom. The number of hydrogen-bond acceptors (Lipinski definition) is 4. The molecule has 0 saturated carbocycles. The first-order chi connectivity index (χ1) is 16.7. The topological polar surface area (TPSA) is 76.2 Å². The Balaban J connectivity index is 1.60. The van der Waals surface area contributed by atoms with E-state index in [1.807, 2.05) is 66.7 Å². The van der Waals surface area contributed by atoms with Crippen LogP contribution < -0.4 is 14.8 Å². The second-order valence-electron chi connectivity index (χ2n) is 7.98. The van der Waals surface area contributed by atoms with Crippen molar-refractivity contribution in [3.63, 3.8) is 0 Å². The van der Waals surface area contributed by atoms with Crippen molar-refractivity contribution in [2.24, 2.45) is 0 Å². The monoisotopic (exact) mass is 451 g/mol. The number of nitrogens with zero attached hydrogens (tertiary/aromatic N) is 1. The van der Waals surface area contributed by atoms with Crippen molar-refractivity contribution in [2.45, 2.75) is 6.42 Å². The van der Waals surface area contributed by atoms with Gasteiger partial charge in [0.25, 0.3) is 5.91 Å². The van der Waals surface area contributed by atoms with Crippen LogP contribution in [0.15, 0.2) is 78.9 Å². The maximum Gasteiger partial charge on any atom is 0.269 e. The first-order valence-electron chi connectivity index (χ1n) is 11.1. The molecule has 0 aliphatic heterocycles. The van der Waals surface area contributed by atoms with Gasteiger partial charge in [0.05, 0.1) is 25.4 Å². The van der Waals surface area contributed by atoms with E-state index in [4.69, 9.17) is 14.5 Å². The summed E-state index contributed by atoms with van der Waals surface area (Å²) in [7, 11) is 3.20. The minimum absolute atomic E-state index is 0.216. The van der Waals surface area contributed by atoms with Gasteiger partial charge in [-0.1, -0.05) is 54.6 Å². The zero-order valence-electron chi connectivity index (χ0n) is 19.1. The number of H-pyrrole nitrogens is 1. The van der Waals surface area contributed by atoms with Gasteiger partial charge in [0.2, 0.25) is 0 Å². The molecule has 0 aliphatic carbocycles. The molecule has 0 aliphatic rings. The number of ether oxygens (including phenoxy) is 2. The molecule has 0 radical (unpaired) electrons. The number of nitrogens with one attached hydrogen (secondary N) is 2. The van der Waals surface area contributed by atoms with Gasteiger partial charge in [-0.2, -0.15) is 0 Å². The molecule has 5 aromatic rings. The minimum atomic E-state index is -0.216. The summed E-state index contributed by atoms with van der Waals surface area (Å²) in [6.45, 7) is 0.522. The molecule has 6 nitrogen and oxygen atoms in total. The zero-order chi connectivity index (χ0) is 23.5. The van der Waals surface area contributed by atoms with Gasteiger partial charge in [-0.05, 0) is 36.2 Å². The van der Waals surface area contributed by atoms with E-state index in [0.717, 1.165) is 33.8 Å². The summed E-state index contributed by atoms with van der Waals surface area (Å²) in [4.78, 5) is 21.4. The fourth-order valence-corrected chi connectivity index (χ4v) is 4.29. The molecule has 2 heterocycles. The zero-order valence-corrected chi connectivity index (χ0v) is 19.1. The van der Waals surface area contributed by atoms with E-state index in [9.17, 15) is 4.79 Å². The Bertz CT molecular complexity index is 1480. The minimum Gasteiger partial charge on any atom is -0.493 e. The number of carbonyl (C=O) groups is 1. The summed E-state index contributed by atoms with van der Waals surface area (Å²) in [6, 6.07) is 25.6. The molecule has 2 N–H and O–H groups in total. The number of pyridine rings is 1. The lowest BCUT2D eigenvalue weighted by Gasteiger charge is -2.14. The van der Waals surface area contributed by atoms with Crippen LogP contribution in [0.4, 0.5) is 0 Å². The molecule has 2 aromatic heterocycles. The van der Waals surface area contributed by atoms with Gasteiger partial charge in [0.15, 0.2) is 11.5 Å². The summed E-state index contributed by atoms with van der Waals surface area (Å²) < 4.78 is 11.2. The van der Waals surface area contributed by atoms with E-state index >= 15 is 0 Å². The SMILES string of the molecule is COc1cccc(-c2nc(C(=O)NCCc3ccccc3)cc3c2[nH]c2ccccc23)c1OC. The third-order valence-corrected chi connectivity index (χ3v) is 5.93. The van der Waals surface area contributed by atoms with Crippen LogP contribution in [0, 0.1) is 0 Å². The molecule has 0 spiro atoms. The van der Waals surface area contributed by atoms with E-state index in [0.29, 0.717) is 29.4 Å². The smallest absolute Gasteiger partial charge is 0.269 e. The molecule has 5 rings (SSSR count). The normalized spacial score (nSPS) is 11.0. The predicted molar refractivity (Wildman–Crippen MR) is 135 cm³/mol.